The number of carbonyl (C=O) groups excluding carboxylic acids is 2. The van der Waals surface area contributed by atoms with E-state index in [0.29, 0.717) is 11.4 Å². The van der Waals surface area contributed by atoms with Crippen molar-refractivity contribution < 1.29 is 9.59 Å². The van der Waals surface area contributed by atoms with E-state index in [1.54, 1.807) is 30.3 Å². The predicted molar refractivity (Wildman–Crippen MR) is 120 cm³/mol. The highest BCUT2D eigenvalue weighted by Gasteiger charge is 2.10. The molecule has 0 saturated carbocycles. The van der Waals surface area contributed by atoms with Gasteiger partial charge in [-0.25, -0.2) is 4.98 Å². The Labute approximate surface area is 174 Å². The van der Waals surface area contributed by atoms with Gasteiger partial charge in [0.15, 0.2) is 5.82 Å². The van der Waals surface area contributed by atoms with Gasteiger partial charge in [-0.15, -0.1) is 0 Å². The number of para-hydroxylation sites is 1. The molecule has 0 aliphatic heterocycles. The molecule has 148 valence electrons. The molecule has 0 aliphatic carbocycles. The molecule has 0 unspecified atom stereocenters. The second-order valence-electron chi connectivity index (χ2n) is 7.20. The molecular weight excluding hydrogens is 374 g/mol. The van der Waals surface area contributed by atoms with E-state index in [0.717, 1.165) is 33.4 Å². The average molecular weight is 395 g/mol. The summed E-state index contributed by atoms with van der Waals surface area (Å²) >= 11 is 0. The normalized spacial score (nSPS) is 11.1. The molecule has 2 N–H and O–H groups in total. The number of aromatic amines is 1. The fourth-order valence-corrected chi connectivity index (χ4v) is 3.13. The number of carbonyl (C=O) groups is 2. The smallest absolute Gasteiger partial charge is 0.255 e. The summed E-state index contributed by atoms with van der Waals surface area (Å²) in [5.41, 5.74) is 5.92. The van der Waals surface area contributed by atoms with Gasteiger partial charge < -0.3 is 10.3 Å². The second kappa shape index (κ2) is 8.17. The number of allylic oxidation sites excluding steroid dienone is 1. The van der Waals surface area contributed by atoms with Gasteiger partial charge in [-0.3, -0.25) is 9.59 Å². The van der Waals surface area contributed by atoms with Crippen molar-refractivity contribution in [3.63, 3.8) is 0 Å². The number of nitrogens with one attached hydrogen (secondary N) is 2. The van der Waals surface area contributed by atoms with Crippen LogP contribution in [0.5, 0.6) is 0 Å². The summed E-state index contributed by atoms with van der Waals surface area (Å²) in [4.78, 5) is 32.3. The maximum atomic E-state index is 12.5. The Morgan fingerprint density at radius 1 is 0.933 bits per heavy atom. The Hall–Kier alpha value is -3.99. The van der Waals surface area contributed by atoms with Crippen LogP contribution in [0.2, 0.25) is 0 Å². The third-order valence-electron chi connectivity index (χ3n) is 4.86. The number of imidazole rings is 1. The molecule has 30 heavy (non-hydrogen) atoms. The zero-order chi connectivity index (χ0) is 21.1. The van der Waals surface area contributed by atoms with Crippen molar-refractivity contribution in [1.29, 1.82) is 0 Å². The van der Waals surface area contributed by atoms with Gasteiger partial charge in [0.1, 0.15) is 0 Å². The fraction of sp³-hybridized carbons (Fsp3) is 0.0800. The number of hydrogen-bond acceptors (Lipinski definition) is 3. The van der Waals surface area contributed by atoms with Gasteiger partial charge in [-0.05, 0) is 61.4 Å². The standard InChI is InChI=1S/C25H21N3O2/c1-16-6-13-20(14-7-16)26-25(30)19-11-8-18(9-12-19)10-15-22(29)24-27-21-5-3-4-17(2)23(21)28-24/h3-15H,1-2H3,(H,26,30)(H,27,28). The van der Waals surface area contributed by atoms with Crippen LogP contribution in [0.3, 0.4) is 0 Å². The number of amides is 1. The summed E-state index contributed by atoms with van der Waals surface area (Å²) in [6.45, 7) is 3.96. The number of hydrogen-bond donors (Lipinski definition) is 2. The van der Waals surface area contributed by atoms with Crippen molar-refractivity contribution in [1.82, 2.24) is 9.97 Å². The van der Waals surface area contributed by atoms with Crippen LogP contribution in [-0.4, -0.2) is 21.7 Å². The molecule has 4 aromatic rings. The molecule has 0 bridgehead atoms. The zero-order valence-electron chi connectivity index (χ0n) is 16.8. The SMILES string of the molecule is Cc1ccc(NC(=O)c2ccc(C=CC(=O)c3nc4c(C)cccc4[nH]3)cc2)cc1. The lowest BCUT2D eigenvalue weighted by atomic mass is 10.1. The molecule has 3 aromatic carbocycles. The number of fused-ring (bicyclic) bond motifs is 1. The summed E-state index contributed by atoms with van der Waals surface area (Å²) in [5, 5.41) is 2.87. The van der Waals surface area contributed by atoms with Crippen molar-refractivity contribution in [3.8, 4) is 0 Å². The summed E-state index contributed by atoms with van der Waals surface area (Å²) in [7, 11) is 0. The first-order valence-corrected chi connectivity index (χ1v) is 9.65. The molecular formula is C25H21N3O2. The molecule has 0 saturated heterocycles. The molecule has 0 fully saturated rings. The van der Waals surface area contributed by atoms with Gasteiger partial charge in [0, 0.05) is 11.3 Å². The number of benzene rings is 3. The van der Waals surface area contributed by atoms with Gasteiger partial charge in [0.05, 0.1) is 11.0 Å². The minimum atomic E-state index is -0.202. The van der Waals surface area contributed by atoms with Crippen LogP contribution in [0.1, 0.15) is 37.7 Å². The van der Waals surface area contributed by atoms with E-state index in [4.69, 9.17) is 0 Å². The van der Waals surface area contributed by atoms with Gasteiger partial charge in [0.2, 0.25) is 5.78 Å². The number of nitrogens with zero attached hydrogens (tertiary/aromatic N) is 1. The van der Waals surface area contributed by atoms with E-state index in [2.05, 4.69) is 15.3 Å². The number of ketones is 1. The second-order valence-corrected chi connectivity index (χ2v) is 7.20. The highest BCUT2D eigenvalue weighted by Crippen LogP contribution is 2.16. The molecule has 0 atom stereocenters. The van der Waals surface area contributed by atoms with Gasteiger partial charge >= 0.3 is 0 Å². The van der Waals surface area contributed by atoms with Crippen LogP contribution in [0.25, 0.3) is 17.1 Å². The third kappa shape index (κ3) is 4.20. The van der Waals surface area contributed by atoms with Gasteiger partial charge in [-0.2, -0.15) is 0 Å². The highest BCUT2D eigenvalue weighted by molar-refractivity contribution is 6.06. The van der Waals surface area contributed by atoms with Crippen LogP contribution >= 0.6 is 0 Å². The van der Waals surface area contributed by atoms with E-state index in [9.17, 15) is 9.59 Å². The van der Waals surface area contributed by atoms with E-state index in [1.165, 1.54) is 6.08 Å². The molecule has 0 radical (unpaired) electrons. The molecule has 5 nitrogen and oxygen atoms in total. The maximum Gasteiger partial charge on any atom is 0.255 e. The van der Waals surface area contributed by atoms with Crippen LogP contribution in [-0.2, 0) is 0 Å². The monoisotopic (exact) mass is 395 g/mol. The Morgan fingerprint density at radius 2 is 1.67 bits per heavy atom. The number of aromatic nitrogens is 2. The summed E-state index contributed by atoms with van der Waals surface area (Å²) in [5.74, 6) is -0.0699. The van der Waals surface area contributed by atoms with E-state index >= 15 is 0 Å². The Balaban J connectivity index is 1.43. The molecule has 1 amide bonds. The lowest BCUT2D eigenvalue weighted by Gasteiger charge is -2.06. The van der Waals surface area contributed by atoms with Gasteiger partial charge in [-0.1, -0.05) is 48.0 Å². The Kier molecular flexibility index (Phi) is 5.26. The van der Waals surface area contributed by atoms with Gasteiger partial charge in [0.25, 0.3) is 5.91 Å². The lowest BCUT2D eigenvalue weighted by molar-refractivity contribution is 0.102. The van der Waals surface area contributed by atoms with Crippen LogP contribution in [0.15, 0.2) is 72.8 Å². The van der Waals surface area contributed by atoms with Crippen molar-refractivity contribution >= 4 is 34.5 Å². The predicted octanol–water partition coefficient (Wildman–Crippen LogP) is 5.33. The quantitative estimate of drug-likeness (QED) is 0.354. The van der Waals surface area contributed by atoms with E-state index < -0.39 is 0 Å². The maximum absolute atomic E-state index is 12.5. The largest absolute Gasteiger partial charge is 0.335 e. The number of aryl methyl sites for hydroxylation is 2. The highest BCUT2D eigenvalue weighted by atomic mass is 16.1. The summed E-state index contributed by atoms with van der Waals surface area (Å²) < 4.78 is 0. The number of H-pyrrole nitrogens is 1. The van der Waals surface area contributed by atoms with Crippen molar-refractivity contribution in [2.45, 2.75) is 13.8 Å². The lowest BCUT2D eigenvalue weighted by Crippen LogP contribution is -2.11. The molecule has 0 spiro atoms. The van der Waals surface area contributed by atoms with E-state index in [1.807, 2.05) is 56.3 Å². The van der Waals surface area contributed by atoms with Crippen molar-refractivity contribution in [3.05, 3.63) is 101 Å². The van der Waals surface area contributed by atoms with Crippen LogP contribution < -0.4 is 5.32 Å². The van der Waals surface area contributed by atoms with Crippen molar-refractivity contribution in [2.24, 2.45) is 0 Å². The number of anilines is 1. The molecule has 4 rings (SSSR count). The zero-order valence-corrected chi connectivity index (χ0v) is 16.8. The Morgan fingerprint density at radius 3 is 2.37 bits per heavy atom. The first kappa shape index (κ1) is 19.3. The van der Waals surface area contributed by atoms with Crippen LogP contribution in [0.4, 0.5) is 5.69 Å². The molecule has 0 aliphatic rings. The first-order valence-electron chi connectivity index (χ1n) is 9.65. The topological polar surface area (TPSA) is 74.8 Å². The fourth-order valence-electron chi connectivity index (χ4n) is 3.13. The van der Waals surface area contributed by atoms with Crippen molar-refractivity contribution in [2.75, 3.05) is 5.32 Å². The first-order chi connectivity index (χ1) is 14.5. The summed E-state index contributed by atoms with van der Waals surface area (Å²) in [6, 6.07) is 20.5. The van der Waals surface area contributed by atoms with Crippen LogP contribution in [0, 0.1) is 13.8 Å². The average Bonchev–Trinajstić information content (AvgIpc) is 3.20. The minimum Gasteiger partial charge on any atom is -0.335 e. The van der Waals surface area contributed by atoms with E-state index in [-0.39, 0.29) is 11.7 Å². The molecule has 5 heteroatoms. The Bertz CT molecular complexity index is 1250. The third-order valence-corrected chi connectivity index (χ3v) is 4.86. The molecule has 1 aromatic heterocycles. The number of rotatable bonds is 5. The minimum absolute atomic E-state index is 0.178. The summed E-state index contributed by atoms with van der Waals surface area (Å²) in [6.07, 6.45) is 3.19. The molecule has 1 heterocycles.